The largest absolute Gasteiger partial charge is 0.488 e. The summed E-state index contributed by atoms with van der Waals surface area (Å²) in [7, 11) is 0. The maximum absolute atomic E-state index is 6.11. The van der Waals surface area contributed by atoms with Crippen LogP contribution in [0.1, 0.15) is 62.6 Å². The van der Waals surface area contributed by atoms with E-state index in [0.29, 0.717) is 5.92 Å². The van der Waals surface area contributed by atoms with E-state index in [2.05, 4.69) is 74.6 Å². The first-order chi connectivity index (χ1) is 12.0. The molecule has 1 saturated carbocycles. The molecule has 0 unspecified atom stereocenters. The molecule has 0 saturated heterocycles. The number of rotatable bonds is 5. The van der Waals surface area contributed by atoms with Crippen molar-refractivity contribution in [2.75, 3.05) is 0 Å². The Bertz CT molecular complexity index is 758. The second-order valence-corrected chi connectivity index (χ2v) is 8.33. The Morgan fingerprint density at radius 3 is 2.62 bits per heavy atom. The summed E-state index contributed by atoms with van der Waals surface area (Å²) >= 11 is 0. The molecule has 140 valence electrons. The van der Waals surface area contributed by atoms with Crippen LogP contribution in [0, 0.1) is 0 Å². The number of benzene rings is 2. The van der Waals surface area contributed by atoms with E-state index in [0.717, 1.165) is 25.1 Å². The van der Waals surface area contributed by atoms with Gasteiger partial charge in [0.1, 0.15) is 11.4 Å². The van der Waals surface area contributed by atoms with Crippen LogP contribution in [0.2, 0.25) is 0 Å². The fourth-order valence-corrected chi connectivity index (χ4v) is 4.24. The molecule has 2 aromatic rings. The highest BCUT2D eigenvalue weighted by atomic mass is 35.5. The van der Waals surface area contributed by atoms with E-state index in [-0.39, 0.29) is 23.5 Å². The van der Waals surface area contributed by atoms with Gasteiger partial charge in [-0.3, -0.25) is 0 Å². The molecule has 0 spiro atoms. The SMILES string of the molecule is CC[C@@]1(NCc2ccc3c(c2)CCC(C)(C)O3)C[C@H]1c1ccccc1.Cl. The summed E-state index contributed by atoms with van der Waals surface area (Å²) in [5.41, 5.74) is 4.44. The van der Waals surface area contributed by atoms with Gasteiger partial charge in [-0.2, -0.15) is 0 Å². The summed E-state index contributed by atoms with van der Waals surface area (Å²) in [5, 5.41) is 3.87. The summed E-state index contributed by atoms with van der Waals surface area (Å²) in [6.45, 7) is 7.59. The third kappa shape index (κ3) is 3.77. The van der Waals surface area contributed by atoms with Gasteiger partial charge < -0.3 is 10.1 Å². The first kappa shape index (κ1) is 19.3. The maximum Gasteiger partial charge on any atom is 0.123 e. The van der Waals surface area contributed by atoms with E-state index in [9.17, 15) is 0 Å². The average molecular weight is 372 g/mol. The van der Waals surface area contributed by atoms with Gasteiger partial charge in [0.15, 0.2) is 0 Å². The number of aryl methyl sites for hydroxylation is 1. The molecule has 0 radical (unpaired) electrons. The quantitative estimate of drug-likeness (QED) is 0.734. The van der Waals surface area contributed by atoms with Crippen LogP contribution in [0.25, 0.3) is 0 Å². The lowest BCUT2D eigenvalue weighted by atomic mass is 9.93. The van der Waals surface area contributed by atoms with Crippen LogP contribution in [0.3, 0.4) is 0 Å². The number of halogens is 1. The van der Waals surface area contributed by atoms with Crippen LogP contribution in [-0.4, -0.2) is 11.1 Å². The minimum atomic E-state index is -0.0318. The fourth-order valence-electron chi connectivity index (χ4n) is 4.24. The third-order valence-corrected chi connectivity index (χ3v) is 6.06. The van der Waals surface area contributed by atoms with Gasteiger partial charge in [-0.15, -0.1) is 12.4 Å². The normalized spacial score (nSPS) is 25.6. The van der Waals surface area contributed by atoms with Gasteiger partial charge in [0.2, 0.25) is 0 Å². The maximum atomic E-state index is 6.11. The van der Waals surface area contributed by atoms with Crippen molar-refractivity contribution < 1.29 is 4.74 Å². The lowest BCUT2D eigenvalue weighted by Crippen LogP contribution is -2.33. The minimum absolute atomic E-state index is 0. The smallest absolute Gasteiger partial charge is 0.123 e. The highest BCUT2D eigenvalue weighted by Crippen LogP contribution is 2.53. The first-order valence-corrected chi connectivity index (χ1v) is 9.62. The summed E-state index contributed by atoms with van der Waals surface area (Å²) in [6, 6.07) is 17.6. The number of ether oxygens (including phenoxy) is 1. The molecular weight excluding hydrogens is 342 g/mol. The van der Waals surface area contributed by atoms with E-state index >= 15 is 0 Å². The van der Waals surface area contributed by atoms with Gasteiger partial charge in [-0.05, 0) is 62.3 Å². The molecule has 2 atom stereocenters. The number of hydrogen-bond acceptors (Lipinski definition) is 2. The van der Waals surface area contributed by atoms with Crippen LogP contribution in [0.15, 0.2) is 48.5 Å². The highest BCUT2D eigenvalue weighted by molar-refractivity contribution is 5.85. The second-order valence-electron chi connectivity index (χ2n) is 8.33. The summed E-state index contributed by atoms with van der Waals surface area (Å²) in [5.74, 6) is 1.72. The summed E-state index contributed by atoms with van der Waals surface area (Å²) < 4.78 is 6.11. The lowest BCUT2D eigenvalue weighted by molar-refractivity contribution is 0.0846. The number of fused-ring (bicyclic) bond motifs is 1. The van der Waals surface area contributed by atoms with Crippen molar-refractivity contribution in [3.63, 3.8) is 0 Å². The summed E-state index contributed by atoms with van der Waals surface area (Å²) in [4.78, 5) is 0. The number of hydrogen-bond donors (Lipinski definition) is 1. The first-order valence-electron chi connectivity index (χ1n) is 9.62. The van der Waals surface area contributed by atoms with Gasteiger partial charge in [0.25, 0.3) is 0 Å². The van der Waals surface area contributed by atoms with Gasteiger partial charge in [-0.1, -0.05) is 49.4 Å². The molecule has 0 bridgehead atoms. The zero-order chi connectivity index (χ0) is 17.5. The summed E-state index contributed by atoms with van der Waals surface area (Å²) in [6.07, 6.45) is 4.62. The van der Waals surface area contributed by atoms with Crippen molar-refractivity contribution in [2.45, 2.75) is 70.1 Å². The minimum Gasteiger partial charge on any atom is -0.488 e. The van der Waals surface area contributed by atoms with Crippen molar-refractivity contribution in [1.82, 2.24) is 5.32 Å². The standard InChI is InChI=1S/C23H29NO.ClH/c1-4-23(15-20(23)18-8-6-5-7-9-18)24-16-17-10-11-21-19(14-17)12-13-22(2,3)25-21;/h5-11,14,20,24H,4,12-13,15-16H2,1-3H3;1H/t20-,23+;/m0./s1. The third-order valence-electron chi connectivity index (χ3n) is 6.06. The monoisotopic (exact) mass is 371 g/mol. The van der Waals surface area contributed by atoms with E-state index in [1.807, 2.05) is 0 Å². The zero-order valence-corrected chi connectivity index (χ0v) is 16.9. The molecule has 2 nitrogen and oxygen atoms in total. The van der Waals surface area contributed by atoms with Gasteiger partial charge >= 0.3 is 0 Å². The fraction of sp³-hybridized carbons (Fsp3) is 0.478. The van der Waals surface area contributed by atoms with Gasteiger partial charge in [0, 0.05) is 18.0 Å². The molecule has 3 heteroatoms. The van der Waals surface area contributed by atoms with E-state index in [1.165, 1.54) is 29.5 Å². The molecule has 2 aromatic carbocycles. The van der Waals surface area contributed by atoms with E-state index < -0.39 is 0 Å². The Labute approximate surface area is 163 Å². The molecule has 1 heterocycles. The Morgan fingerprint density at radius 1 is 1.12 bits per heavy atom. The molecule has 1 aliphatic heterocycles. The lowest BCUT2D eigenvalue weighted by Gasteiger charge is -2.32. The molecule has 0 amide bonds. The topological polar surface area (TPSA) is 21.3 Å². The Kier molecular flexibility index (Phi) is 5.37. The Hall–Kier alpha value is -1.51. The van der Waals surface area contributed by atoms with Crippen LogP contribution in [0.5, 0.6) is 5.75 Å². The van der Waals surface area contributed by atoms with Crippen molar-refractivity contribution in [2.24, 2.45) is 0 Å². The predicted molar refractivity (Wildman–Crippen MR) is 110 cm³/mol. The molecule has 1 aliphatic carbocycles. The molecule has 1 N–H and O–H groups in total. The second kappa shape index (κ2) is 7.25. The molecule has 1 fully saturated rings. The van der Waals surface area contributed by atoms with Crippen LogP contribution in [0.4, 0.5) is 0 Å². The van der Waals surface area contributed by atoms with Crippen LogP contribution in [-0.2, 0) is 13.0 Å². The average Bonchev–Trinajstić information content (AvgIpc) is 3.35. The van der Waals surface area contributed by atoms with Crippen molar-refractivity contribution in [3.05, 3.63) is 65.2 Å². The van der Waals surface area contributed by atoms with Crippen molar-refractivity contribution in [3.8, 4) is 5.75 Å². The van der Waals surface area contributed by atoms with Gasteiger partial charge in [0.05, 0.1) is 0 Å². The predicted octanol–water partition coefficient (Wildman–Crippen LogP) is 5.64. The zero-order valence-electron chi connectivity index (χ0n) is 16.0. The molecule has 4 rings (SSSR count). The Balaban J connectivity index is 0.00000196. The van der Waals surface area contributed by atoms with E-state index in [4.69, 9.17) is 4.74 Å². The molecule has 2 aliphatic rings. The van der Waals surface area contributed by atoms with E-state index in [1.54, 1.807) is 0 Å². The molecular formula is C23H30ClNO. The molecule has 26 heavy (non-hydrogen) atoms. The Morgan fingerprint density at radius 2 is 1.88 bits per heavy atom. The van der Waals surface area contributed by atoms with Gasteiger partial charge in [-0.25, -0.2) is 0 Å². The molecule has 0 aromatic heterocycles. The van der Waals surface area contributed by atoms with Crippen molar-refractivity contribution >= 4 is 12.4 Å². The van der Waals surface area contributed by atoms with Crippen molar-refractivity contribution in [1.29, 1.82) is 0 Å². The van der Waals surface area contributed by atoms with Crippen LogP contribution < -0.4 is 10.1 Å². The number of nitrogens with one attached hydrogen (secondary N) is 1. The highest BCUT2D eigenvalue weighted by Gasteiger charge is 2.52. The van der Waals surface area contributed by atoms with Crippen LogP contribution >= 0.6 is 12.4 Å².